The third-order valence-electron chi connectivity index (χ3n) is 2.65. The molecule has 92 valence electrons. The van der Waals surface area contributed by atoms with Gasteiger partial charge < -0.3 is 9.84 Å². The van der Waals surface area contributed by atoms with Gasteiger partial charge >= 0.3 is 5.97 Å². The molecule has 0 aliphatic carbocycles. The third-order valence-corrected chi connectivity index (χ3v) is 2.65. The van der Waals surface area contributed by atoms with Crippen LogP contribution in [-0.2, 0) is 11.2 Å². The summed E-state index contributed by atoms with van der Waals surface area (Å²) in [6, 6.07) is 9.55. The minimum Gasteiger partial charge on any atom is -0.495 e. The second-order valence-electron chi connectivity index (χ2n) is 3.80. The molecule has 0 saturated heterocycles. The summed E-state index contributed by atoms with van der Waals surface area (Å²) in [5, 5.41) is 8.98. The van der Waals surface area contributed by atoms with Crippen molar-refractivity contribution in [1.82, 2.24) is 4.98 Å². The van der Waals surface area contributed by atoms with Crippen molar-refractivity contribution in [3.63, 3.8) is 0 Å². The number of aliphatic carboxylic acids is 1. The molecule has 18 heavy (non-hydrogen) atoms. The Morgan fingerprint density at radius 3 is 2.61 bits per heavy atom. The first-order valence-corrected chi connectivity index (χ1v) is 5.50. The van der Waals surface area contributed by atoms with Crippen LogP contribution in [0.25, 0.3) is 11.1 Å². The summed E-state index contributed by atoms with van der Waals surface area (Å²) in [7, 11) is 1.51. The van der Waals surface area contributed by atoms with Crippen molar-refractivity contribution in [1.29, 1.82) is 0 Å². The summed E-state index contributed by atoms with van der Waals surface area (Å²) in [6.07, 6.45) is 3.11. The van der Waals surface area contributed by atoms with E-state index in [9.17, 15) is 4.79 Å². The van der Waals surface area contributed by atoms with E-state index >= 15 is 0 Å². The number of methoxy groups -OCH3 is 1. The van der Waals surface area contributed by atoms with E-state index in [0.717, 1.165) is 11.1 Å². The number of pyridine rings is 1. The average molecular weight is 243 g/mol. The lowest BCUT2D eigenvalue weighted by molar-refractivity contribution is -0.136. The van der Waals surface area contributed by atoms with Crippen LogP contribution in [0, 0.1) is 0 Å². The molecule has 4 nitrogen and oxygen atoms in total. The number of ether oxygens (including phenoxy) is 1. The number of aromatic nitrogens is 1. The van der Waals surface area contributed by atoms with E-state index < -0.39 is 5.97 Å². The van der Waals surface area contributed by atoms with Crippen LogP contribution in [0.2, 0.25) is 0 Å². The number of carbonyl (C=O) groups is 1. The van der Waals surface area contributed by atoms with Gasteiger partial charge in [-0.05, 0) is 5.56 Å². The summed E-state index contributed by atoms with van der Waals surface area (Å²) in [6.45, 7) is 0. The molecule has 0 atom stereocenters. The Morgan fingerprint density at radius 2 is 2.00 bits per heavy atom. The van der Waals surface area contributed by atoms with Gasteiger partial charge in [0.15, 0.2) is 0 Å². The minimum atomic E-state index is -0.892. The highest BCUT2D eigenvalue weighted by atomic mass is 16.5. The average Bonchev–Trinajstić information content (AvgIpc) is 2.39. The molecule has 2 rings (SSSR count). The van der Waals surface area contributed by atoms with Crippen LogP contribution < -0.4 is 4.74 Å². The van der Waals surface area contributed by atoms with Gasteiger partial charge in [0.25, 0.3) is 0 Å². The first-order valence-electron chi connectivity index (χ1n) is 5.50. The zero-order chi connectivity index (χ0) is 13.0. The number of carboxylic acid groups (broad SMARTS) is 1. The van der Waals surface area contributed by atoms with E-state index in [2.05, 4.69) is 4.98 Å². The number of nitrogens with zero attached hydrogens (tertiary/aromatic N) is 1. The summed E-state index contributed by atoms with van der Waals surface area (Å²) >= 11 is 0. The van der Waals surface area contributed by atoms with Gasteiger partial charge in [0.2, 0.25) is 0 Å². The lowest BCUT2D eigenvalue weighted by Crippen LogP contribution is -2.05. The van der Waals surface area contributed by atoms with Crippen molar-refractivity contribution in [2.45, 2.75) is 6.42 Å². The van der Waals surface area contributed by atoms with Gasteiger partial charge in [-0.1, -0.05) is 30.3 Å². The Labute approximate surface area is 105 Å². The molecule has 1 N–H and O–H groups in total. The van der Waals surface area contributed by atoms with Crippen molar-refractivity contribution >= 4 is 5.97 Å². The number of benzene rings is 1. The van der Waals surface area contributed by atoms with Gasteiger partial charge in [0.05, 0.1) is 19.7 Å². The highest BCUT2D eigenvalue weighted by molar-refractivity contribution is 5.78. The van der Waals surface area contributed by atoms with Crippen LogP contribution in [-0.4, -0.2) is 23.2 Å². The molecule has 0 aliphatic heterocycles. The predicted molar refractivity (Wildman–Crippen MR) is 67.6 cm³/mol. The molecule has 0 saturated carbocycles. The fourth-order valence-electron chi connectivity index (χ4n) is 1.84. The normalized spacial score (nSPS) is 10.1. The molecule has 0 radical (unpaired) electrons. The zero-order valence-corrected chi connectivity index (χ0v) is 9.96. The monoisotopic (exact) mass is 243 g/mol. The molecule has 1 aromatic carbocycles. The maximum atomic E-state index is 10.9. The summed E-state index contributed by atoms with van der Waals surface area (Å²) in [4.78, 5) is 15.0. The quantitative estimate of drug-likeness (QED) is 0.895. The largest absolute Gasteiger partial charge is 0.495 e. The molecule has 0 spiro atoms. The van der Waals surface area contributed by atoms with E-state index in [4.69, 9.17) is 9.84 Å². The first kappa shape index (κ1) is 12.1. The van der Waals surface area contributed by atoms with Crippen molar-refractivity contribution < 1.29 is 14.6 Å². The lowest BCUT2D eigenvalue weighted by atomic mass is 9.99. The molecule has 0 fully saturated rings. The Balaban J connectivity index is 2.56. The minimum absolute atomic E-state index is 0.0874. The number of hydrogen-bond acceptors (Lipinski definition) is 3. The van der Waals surface area contributed by atoms with E-state index in [-0.39, 0.29) is 6.42 Å². The highest BCUT2D eigenvalue weighted by Crippen LogP contribution is 2.29. The molecule has 1 aromatic heterocycles. The van der Waals surface area contributed by atoms with E-state index in [1.54, 1.807) is 6.20 Å². The van der Waals surface area contributed by atoms with Crippen LogP contribution in [0.4, 0.5) is 0 Å². The molecule has 1 heterocycles. The van der Waals surface area contributed by atoms with Crippen molar-refractivity contribution in [3.05, 3.63) is 48.3 Å². The van der Waals surface area contributed by atoms with Crippen molar-refractivity contribution in [3.8, 4) is 16.9 Å². The lowest BCUT2D eigenvalue weighted by Gasteiger charge is -2.11. The van der Waals surface area contributed by atoms with Crippen LogP contribution in [0.5, 0.6) is 5.75 Å². The third kappa shape index (κ3) is 2.48. The van der Waals surface area contributed by atoms with Crippen LogP contribution >= 0.6 is 0 Å². The van der Waals surface area contributed by atoms with Gasteiger partial charge in [0, 0.05) is 17.3 Å². The second-order valence-corrected chi connectivity index (χ2v) is 3.80. The molecule has 0 amide bonds. The number of hydrogen-bond donors (Lipinski definition) is 1. The second kappa shape index (κ2) is 5.31. The maximum Gasteiger partial charge on any atom is 0.307 e. The SMILES string of the molecule is COc1cncc(-c2ccccc2)c1CC(=O)O. The molecular weight excluding hydrogens is 230 g/mol. The van der Waals surface area contributed by atoms with Gasteiger partial charge in [-0.2, -0.15) is 0 Å². The molecule has 4 heteroatoms. The van der Waals surface area contributed by atoms with Crippen LogP contribution in [0.1, 0.15) is 5.56 Å². The van der Waals surface area contributed by atoms with Crippen LogP contribution in [0.3, 0.4) is 0 Å². The summed E-state index contributed by atoms with van der Waals surface area (Å²) in [5.41, 5.74) is 2.36. The number of carboxylic acids is 1. The molecule has 2 aromatic rings. The fraction of sp³-hybridized carbons (Fsp3) is 0.143. The van der Waals surface area contributed by atoms with Crippen molar-refractivity contribution in [2.24, 2.45) is 0 Å². The zero-order valence-electron chi connectivity index (χ0n) is 9.96. The Kier molecular flexibility index (Phi) is 3.57. The Bertz CT molecular complexity index is 552. The smallest absolute Gasteiger partial charge is 0.307 e. The highest BCUT2D eigenvalue weighted by Gasteiger charge is 2.14. The van der Waals surface area contributed by atoms with E-state index in [1.165, 1.54) is 13.3 Å². The van der Waals surface area contributed by atoms with Gasteiger partial charge in [-0.25, -0.2) is 0 Å². The summed E-state index contributed by atoms with van der Waals surface area (Å²) < 4.78 is 5.18. The predicted octanol–water partition coefficient (Wildman–Crippen LogP) is 2.38. The van der Waals surface area contributed by atoms with Gasteiger partial charge in [-0.15, -0.1) is 0 Å². The van der Waals surface area contributed by atoms with Gasteiger partial charge in [0.1, 0.15) is 5.75 Å². The Morgan fingerprint density at radius 1 is 1.28 bits per heavy atom. The molecule has 0 aliphatic rings. The van der Waals surface area contributed by atoms with E-state index in [0.29, 0.717) is 11.3 Å². The molecule has 0 bridgehead atoms. The summed E-state index contributed by atoms with van der Waals surface area (Å²) in [5.74, 6) is -0.393. The number of rotatable bonds is 4. The standard InChI is InChI=1S/C14H13NO3/c1-18-13-9-15-8-12(11(13)7-14(16)17)10-5-3-2-4-6-10/h2-6,8-9H,7H2,1H3,(H,16,17). The first-order chi connectivity index (χ1) is 8.72. The van der Waals surface area contributed by atoms with Crippen LogP contribution in [0.15, 0.2) is 42.7 Å². The Hall–Kier alpha value is -2.36. The molecule has 0 unspecified atom stereocenters. The fourth-order valence-corrected chi connectivity index (χ4v) is 1.84. The van der Waals surface area contributed by atoms with Gasteiger partial charge in [-0.3, -0.25) is 9.78 Å². The topological polar surface area (TPSA) is 59.4 Å². The van der Waals surface area contributed by atoms with Crippen molar-refractivity contribution in [2.75, 3.05) is 7.11 Å². The maximum absolute atomic E-state index is 10.9. The van der Waals surface area contributed by atoms with E-state index in [1.807, 2.05) is 30.3 Å². The molecular formula is C14H13NO3.